The fourth-order valence-corrected chi connectivity index (χ4v) is 5.27. The molecule has 0 radical (unpaired) electrons. The van der Waals surface area contributed by atoms with Gasteiger partial charge in [0, 0.05) is 21.4 Å². The molecule has 0 fully saturated rings. The van der Waals surface area contributed by atoms with Gasteiger partial charge in [0.05, 0.1) is 13.2 Å². The van der Waals surface area contributed by atoms with Gasteiger partial charge in [-0.3, -0.25) is 4.94 Å². The molecule has 0 saturated carbocycles. The molecule has 0 saturated heterocycles. The highest BCUT2D eigenvalue weighted by atomic mass is 19.3. The summed E-state index contributed by atoms with van der Waals surface area (Å²) in [6.45, 7) is 5.45. The number of hydrogen-bond acceptors (Lipinski definition) is 3. The fourth-order valence-electron chi connectivity index (χ4n) is 5.27. The van der Waals surface area contributed by atoms with Crippen molar-refractivity contribution in [1.82, 2.24) is 0 Å². The van der Waals surface area contributed by atoms with E-state index in [0.717, 1.165) is 77.7 Å². The van der Waals surface area contributed by atoms with Gasteiger partial charge in [-0.2, -0.15) is 0 Å². The lowest BCUT2D eigenvalue weighted by Gasteiger charge is -2.13. The minimum absolute atomic E-state index is 0.434. The molecule has 48 heavy (non-hydrogen) atoms. The third kappa shape index (κ3) is 9.58. The third-order valence-corrected chi connectivity index (χ3v) is 7.94. The Morgan fingerprint density at radius 2 is 1.08 bits per heavy atom. The summed E-state index contributed by atoms with van der Waals surface area (Å²) in [7, 11) is 0. The van der Waals surface area contributed by atoms with Gasteiger partial charge in [-0.25, -0.2) is 22.0 Å². The van der Waals surface area contributed by atoms with Crippen LogP contribution in [0.4, 0.5) is 26.5 Å². The van der Waals surface area contributed by atoms with Crippen molar-refractivity contribution in [2.24, 2.45) is 0 Å². The Labute approximate surface area is 277 Å². The zero-order chi connectivity index (χ0) is 34.5. The number of alkyl halides is 1. The lowest BCUT2D eigenvalue weighted by molar-refractivity contribution is -0.00605. The SMILES string of the molecule is CCCCCCOc1cc(OCCCCCC)cc(-c2ccc3cc(CF)ccc3c2)c1.FOc1ccc2c(F)c(F)c(F)c(F)c2c1. The second kappa shape index (κ2) is 18.2. The van der Waals surface area contributed by atoms with Crippen molar-refractivity contribution in [2.45, 2.75) is 71.9 Å². The van der Waals surface area contributed by atoms with E-state index in [1.54, 1.807) is 0 Å². The van der Waals surface area contributed by atoms with Crippen molar-refractivity contribution in [3.05, 3.63) is 102 Å². The first-order chi connectivity index (χ1) is 23.3. The van der Waals surface area contributed by atoms with Crippen molar-refractivity contribution in [3.8, 4) is 28.4 Å². The number of ether oxygens (including phenoxy) is 2. The van der Waals surface area contributed by atoms with Crippen LogP contribution in [-0.2, 0) is 6.67 Å². The number of hydrogen-bond donors (Lipinski definition) is 0. The van der Waals surface area contributed by atoms with Crippen LogP contribution < -0.4 is 14.4 Å². The zero-order valence-electron chi connectivity index (χ0n) is 27.2. The molecule has 0 unspecified atom stereocenters. The lowest BCUT2D eigenvalue weighted by Crippen LogP contribution is -2.00. The Hall–Kier alpha value is -4.40. The predicted octanol–water partition coefficient (Wildman–Crippen LogP) is 12.6. The molecule has 0 aromatic heterocycles. The first-order valence-corrected chi connectivity index (χ1v) is 16.3. The first-order valence-electron chi connectivity index (χ1n) is 16.3. The van der Waals surface area contributed by atoms with Gasteiger partial charge in [0.1, 0.15) is 18.2 Å². The van der Waals surface area contributed by atoms with E-state index in [4.69, 9.17) is 9.47 Å². The van der Waals surface area contributed by atoms with E-state index < -0.39 is 46.5 Å². The summed E-state index contributed by atoms with van der Waals surface area (Å²) in [5.74, 6) is -5.69. The van der Waals surface area contributed by atoms with Crippen LogP contribution in [0.15, 0.2) is 72.8 Å². The molecule has 0 aliphatic carbocycles. The molecule has 0 amide bonds. The van der Waals surface area contributed by atoms with Gasteiger partial charge in [-0.15, -0.1) is 0 Å². The number of rotatable bonds is 15. The molecule has 0 N–H and O–H groups in total. The number of unbranched alkanes of at least 4 members (excludes halogenated alkanes) is 6. The Kier molecular flexibility index (Phi) is 13.8. The van der Waals surface area contributed by atoms with E-state index in [1.165, 1.54) is 38.5 Å². The minimum atomic E-state index is -1.94. The molecule has 5 rings (SSSR count). The van der Waals surface area contributed by atoms with E-state index in [0.29, 0.717) is 5.56 Å². The van der Waals surface area contributed by atoms with Crippen LogP contribution in [0.25, 0.3) is 32.7 Å². The van der Waals surface area contributed by atoms with E-state index in [-0.39, 0.29) is 0 Å². The monoisotopic (exact) mass is 670 g/mol. The topological polar surface area (TPSA) is 27.7 Å². The maximum atomic E-state index is 13.2. The van der Waals surface area contributed by atoms with Crippen LogP contribution in [0.5, 0.6) is 17.2 Å². The minimum Gasteiger partial charge on any atom is -0.493 e. The standard InChI is InChI=1S/C29H37FO2.C10H3F5O/c1-3-5-7-9-15-31-28-19-27(20-29(21-28)32-16-10-8-6-4-2)26-14-13-24-17-23(22-30)11-12-25(24)18-26;11-7-5-2-1-4(16-15)3-6(5)8(12)10(14)9(7)13/h11-14,17-21H,3-10,15-16,22H2,1-2H3;1-3H. The first kappa shape index (κ1) is 36.4. The molecule has 0 atom stereocenters. The predicted molar refractivity (Wildman–Crippen MR) is 179 cm³/mol. The smallest absolute Gasteiger partial charge is 0.198 e. The molecule has 256 valence electrons. The molecular weight excluding hydrogens is 630 g/mol. The van der Waals surface area contributed by atoms with Gasteiger partial charge < -0.3 is 9.47 Å². The van der Waals surface area contributed by atoms with Crippen molar-refractivity contribution < 1.29 is 40.9 Å². The molecule has 0 aliphatic heterocycles. The number of halogens is 6. The molecule has 5 aromatic rings. The average molecular weight is 671 g/mol. The van der Waals surface area contributed by atoms with E-state index in [2.05, 4.69) is 49.1 Å². The van der Waals surface area contributed by atoms with Crippen molar-refractivity contribution in [3.63, 3.8) is 0 Å². The summed E-state index contributed by atoms with van der Waals surface area (Å²) >= 11 is 0. The summed E-state index contributed by atoms with van der Waals surface area (Å²) in [6.07, 6.45) is 9.47. The van der Waals surface area contributed by atoms with Crippen molar-refractivity contribution >= 4 is 21.5 Å². The largest absolute Gasteiger partial charge is 0.493 e. The van der Waals surface area contributed by atoms with Gasteiger partial charge in [0.2, 0.25) is 0 Å². The average Bonchev–Trinajstić information content (AvgIpc) is 3.12. The van der Waals surface area contributed by atoms with Gasteiger partial charge >= 0.3 is 0 Å². The second-order valence-electron chi connectivity index (χ2n) is 11.6. The summed E-state index contributed by atoms with van der Waals surface area (Å²) in [5.41, 5.74) is 2.90. The van der Waals surface area contributed by atoms with Gasteiger partial charge in [0.15, 0.2) is 29.0 Å². The molecular formula is C39H40F6O3. The highest BCUT2D eigenvalue weighted by molar-refractivity contribution is 5.88. The summed E-state index contributed by atoms with van der Waals surface area (Å²) < 4.78 is 89.0. The van der Waals surface area contributed by atoms with Gasteiger partial charge in [-0.05, 0) is 82.8 Å². The van der Waals surface area contributed by atoms with Crippen LogP contribution in [0.3, 0.4) is 0 Å². The second-order valence-corrected chi connectivity index (χ2v) is 11.6. The zero-order valence-corrected chi connectivity index (χ0v) is 27.2. The van der Waals surface area contributed by atoms with Crippen molar-refractivity contribution in [2.75, 3.05) is 13.2 Å². The molecule has 5 aromatic carbocycles. The maximum absolute atomic E-state index is 13.2. The normalized spacial score (nSPS) is 11.0. The maximum Gasteiger partial charge on any atom is 0.198 e. The number of benzene rings is 5. The summed E-state index contributed by atoms with van der Waals surface area (Å²) in [6, 6.07) is 20.9. The van der Waals surface area contributed by atoms with Gasteiger partial charge in [-0.1, -0.05) is 76.6 Å². The Balaban J connectivity index is 0.000000271. The molecule has 0 aliphatic rings. The lowest BCUT2D eigenvalue weighted by atomic mass is 9.99. The van der Waals surface area contributed by atoms with Crippen LogP contribution in [0.2, 0.25) is 0 Å². The Bertz CT molecular complexity index is 1760. The third-order valence-electron chi connectivity index (χ3n) is 7.94. The fraction of sp³-hybridized carbons (Fsp3) is 0.333. The molecule has 9 heteroatoms. The van der Waals surface area contributed by atoms with Crippen LogP contribution in [0.1, 0.15) is 70.8 Å². The van der Waals surface area contributed by atoms with E-state index in [9.17, 15) is 26.5 Å². The molecule has 0 bridgehead atoms. The quantitative estimate of drug-likeness (QED) is 0.0480. The summed E-state index contributed by atoms with van der Waals surface area (Å²) in [5, 5.41) is 1.08. The van der Waals surface area contributed by atoms with E-state index >= 15 is 0 Å². The molecule has 3 nitrogen and oxygen atoms in total. The van der Waals surface area contributed by atoms with Crippen LogP contribution >= 0.6 is 0 Å². The van der Waals surface area contributed by atoms with Gasteiger partial charge in [0.25, 0.3) is 0 Å². The molecule has 0 spiro atoms. The van der Waals surface area contributed by atoms with Crippen molar-refractivity contribution in [1.29, 1.82) is 0 Å². The number of fused-ring (bicyclic) bond motifs is 2. The highest BCUT2D eigenvalue weighted by Gasteiger charge is 2.20. The van der Waals surface area contributed by atoms with Crippen LogP contribution in [-0.4, -0.2) is 13.2 Å². The Morgan fingerprint density at radius 1 is 0.500 bits per heavy atom. The van der Waals surface area contributed by atoms with E-state index in [1.807, 2.05) is 24.3 Å². The Morgan fingerprint density at radius 3 is 1.67 bits per heavy atom. The van der Waals surface area contributed by atoms with Crippen LogP contribution in [0, 0.1) is 23.3 Å². The molecule has 0 heterocycles. The summed E-state index contributed by atoms with van der Waals surface area (Å²) in [4.78, 5) is 3.28. The highest BCUT2D eigenvalue weighted by Crippen LogP contribution is 2.33.